The van der Waals surface area contributed by atoms with E-state index in [0.29, 0.717) is 6.54 Å². The average Bonchev–Trinajstić information content (AvgIpc) is 2.30. The van der Waals surface area contributed by atoms with Crippen molar-refractivity contribution in [2.45, 2.75) is 32.9 Å². The Bertz CT molecular complexity index is 324. The van der Waals surface area contributed by atoms with Gasteiger partial charge in [0.2, 0.25) is 5.91 Å². The van der Waals surface area contributed by atoms with Gasteiger partial charge < -0.3 is 5.32 Å². The van der Waals surface area contributed by atoms with E-state index in [2.05, 4.69) is 29.7 Å². The lowest BCUT2D eigenvalue weighted by Crippen LogP contribution is -2.42. The second-order valence-electron chi connectivity index (χ2n) is 3.92. The number of nitrogens with one attached hydrogen (secondary N) is 2. The zero-order valence-corrected chi connectivity index (χ0v) is 10.2. The van der Waals surface area contributed by atoms with Crippen LogP contribution >= 0.6 is 0 Å². The topological polar surface area (TPSA) is 41.1 Å². The van der Waals surface area contributed by atoms with Crippen LogP contribution in [0, 0.1) is 0 Å². The van der Waals surface area contributed by atoms with Crippen molar-refractivity contribution < 1.29 is 4.79 Å². The molecule has 16 heavy (non-hydrogen) atoms. The van der Waals surface area contributed by atoms with Crippen molar-refractivity contribution >= 4 is 5.91 Å². The van der Waals surface area contributed by atoms with Gasteiger partial charge in [0.05, 0.1) is 6.04 Å². The van der Waals surface area contributed by atoms with Crippen LogP contribution in [0.2, 0.25) is 0 Å². The molecule has 0 saturated carbocycles. The van der Waals surface area contributed by atoms with Gasteiger partial charge in [-0.15, -0.1) is 0 Å². The van der Waals surface area contributed by atoms with E-state index in [1.165, 1.54) is 5.56 Å². The first-order valence-electron chi connectivity index (χ1n) is 5.73. The second-order valence-corrected chi connectivity index (χ2v) is 3.92. The molecule has 0 saturated heterocycles. The molecule has 0 radical (unpaired) electrons. The third kappa shape index (κ3) is 3.66. The fraction of sp³-hybridized carbons (Fsp3) is 0.462. The summed E-state index contributed by atoms with van der Waals surface area (Å²) >= 11 is 0. The molecule has 1 rings (SSSR count). The Kier molecular flexibility index (Phi) is 4.99. The molecular formula is C13H20N2O. The van der Waals surface area contributed by atoms with Crippen LogP contribution in [0.25, 0.3) is 0 Å². The van der Waals surface area contributed by atoms with Crippen molar-refractivity contribution in [3.8, 4) is 0 Å². The van der Waals surface area contributed by atoms with Crippen molar-refractivity contribution in [1.82, 2.24) is 10.6 Å². The van der Waals surface area contributed by atoms with E-state index in [1.807, 2.05) is 32.0 Å². The summed E-state index contributed by atoms with van der Waals surface area (Å²) in [6.45, 7) is 6.53. The largest absolute Gasteiger partial charge is 0.355 e. The Balaban J connectivity index is 2.51. The summed E-state index contributed by atoms with van der Waals surface area (Å²) in [5.41, 5.74) is 1.19. The molecule has 2 N–H and O–H groups in total. The summed E-state index contributed by atoms with van der Waals surface area (Å²) in [5.74, 6) is 0.0466. The highest BCUT2D eigenvalue weighted by Gasteiger charge is 2.14. The summed E-state index contributed by atoms with van der Waals surface area (Å²) in [6.07, 6.45) is 0. The molecule has 0 aromatic heterocycles. The molecule has 0 aliphatic carbocycles. The average molecular weight is 220 g/mol. The lowest BCUT2D eigenvalue weighted by Gasteiger charge is -2.19. The maximum atomic E-state index is 11.5. The number of rotatable bonds is 5. The Morgan fingerprint density at radius 1 is 1.25 bits per heavy atom. The van der Waals surface area contributed by atoms with Crippen molar-refractivity contribution in [2.75, 3.05) is 6.54 Å². The molecule has 0 aliphatic heterocycles. The van der Waals surface area contributed by atoms with Gasteiger partial charge >= 0.3 is 0 Å². The van der Waals surface area contributed by atoms with Gasteiger partial charge in [-0.25, -0.2) is 0 Å². The minimum absolute atomic E-state index is 0.0466. The van der Waals surface area contributed by atoms with Gasteiger partial charge in [0.1, 0.15) is 0 Å². The monoisotopic (exact) mass is 220 g/mol. The number of hydrogen-bond donors (Lipinski definition) is 2. The van der Waals surface area contributed by atoms with E-state index in [4.69, 9.17) is 0 Å². The number of carbonyl (C=O) groups is 1. The fourth-order valence-electron chi connectivity index (χ4n) is 1.62. The molecule has 3 nitrogen and oxygen atoms in total. The van der Waals surface area contributed by atoms with E-state index >= 15 is 0 Å². The Hall–Kier alpha value is -1.35. The first-order valence-corrected chi connectivity index (χ1v) is 5.73. The second kappa shape index (κ2) is 6.28. The fourth-order valence-corrected chi connectivity index (χ4v) is 1.62. The molecule has 0 heterocycles. The predicted molar refractivity (Wildman–Crippen MR) is 66.1 cm³/mol. The van der Waals surface area contributed by atoms with Crippen LogP contribution in [0.3, 0.4) is 0 Å². The van der Waals surface area contributed by atoms with E-state index in [-0.39, 0.29) is 18.0 Å². The third-order valence-electron chi connectivity index (χ3n) is 2.54. The van der Waals surface area contributed by atoms with E-state index in [1.54, 1.807) is 0 Å². The zero-order valence-electron chi connectivity index (χ0n) is 10.2. The lowest BCUT2D eigenvalue weighted by atomic mass is 10.1. The molecule has 1 amide bonds. The molecule has 3 heteroatoms. The van der Waals surface area contributed by atoms with Crippen LogP contribution in [0.1, 0.15) is 32.4 Å². The highest BCUT2D eigenvalue weighted by atomic mass is 16.2. The van der Waals surface area contributed by atoms with Crippen LogP contribution in [-0.2, 0) is 4.79 Å². The van der Waals surface area contributed by atoms with E-state index in [0.717, 1.165) is 0 Å². The molecule has 0 fully saturated rings. The van der Waals surface area contributed by atoms with Crippen LogP contribution < -0.4 is 10.6 Å². The zero-order chi connectivity index (χ0) is 12.0. The van der Waals surface area contributed by atoms with Gasteiger partial charge in [0.25, 0.3) is 0 Å². The van der Waals surface area contributed by atoms with Crippen molar-refractivity contribution in [2.24, 2.45) is 0 Å². The smallest absolute Gasteiger partial charge is 0.236 e. The first kappa shape index (κ1) is 12.7. The van der Waals surface area contributed by atoms with Gasteiger partial charge in [-0.3, -0.25) is 10.1 Å². The quantitative estimate of drug-likeness (QED) is 0.795. The highest BCUT2D eigenvalue weighted by molar-refractivity contribution is 5.81. The van der Waals surface area contributed by atoms with Crippen LogP contribution in [-0.4, -0.2) is 18.5 Å². The van der Waals surface area contributed by atoms with Crippen molar-refractivity contribution in [3.05, 3.63) is 35.9 Å². The lowest BCUT2D eigenvalue weighted by molar-refractivity contribution is -0.122. The molecule has 0 spiro atoms. The van der Waals surface area contributed by atoms with E-state index in [9.17, 15) is 4.79 Å². The standard InChI is InChI=1S/C13H20N2O/c1-4-14-13(16)11(3)15-10(2)12-8-6-5-7-9-12/h5-11,15H,4H2,1-3H3,(H,14,16)/t10-,11?/m1/s1. The maximum absolute atomic E-state index is 11.5. The SMILES string of the molecule is CCNC(=O)C(C)N[C@H](C)c1ccccc1. The van der Waals surface area contributed by atoms with Gasteiger partial charge in [-0.05, 0) is 26.3 Å². The van der Waals surface area contributed by atoms with Crippen LogP contribution in [0.5, 0.6) is 0 Å². The molecule has 88 valence electrons. The van der Waals surface area contributed by atoms with Gasteiger partial charge in [-0.1, -0.05) is 30.3 Å². The number of hydrogen-bond acceptors (Lipinski definition) is 2. The molecule has 0 bridgehead atoms. The third-order valence-corrected chi connectivity index (χ3v) is 2.54. The van der Waals surface area contributed by atoms with E-state index < -0.39 is 0 Å². The minimum Gasteiger partial charge on any atom is -0.355 e. The molecular weight excluding hydrogens is 200 g/mol. The van der Waals surface area contributed by atoms with Crippen molar-refractivity contribution in [1.29, 1.82) is 0 Å². The predicted octanol–water partition coefficient (Wildman–Crippen LogP) is 1.86. The number of amides is 1. The number of carbonyl (C=O) groups excluding carboxylic acids is 1. The Morgan fingerprint density at radius 3 is 2.44 bits per heavy atom. The minimum atomic E-state index is -0.171. The molecule has 1 aromatic carbocycles. The number of likely N-dealkylation sites (N-methyl/N-ethyl adjacent to an activating group) is 1. The molecule has 2 atom stereocenters. The molecule has 1 unspecified atom stereocenters. The van der Waals surface area contributed by atoms with Gasteiger partial charge in [0, 0.05) is 12.6 Å². The Labute approximate surface area is 97.2 Å². The molecule has 0 aliphatic rings. The summed E-state index contributed by atoms with van der Waals surface area (Å²) in [6, 6.07) is 10.1. The maximum Gasteiger partial charge on any atom is 0.236 e. The number of benzene rings is 1. The van der Waals surface area contributed by atoms with Crippen LogP contribution in [0.4, 0.5) is 0 Å². The van der Waals surface area contributed by atoms with Gasteiger partial charge in [-0.2, -0.15) is 0 Å². The van der Waals surface area contributed by atoms with Crippen molar-refractivity contribution in [3.63, 3.8) is 0 Å². The summed E-state index contributed by atoms with van der Waals surface area (Å²) in [5, 5.41) is 6.07. The normalized spacial score (nSPS) is 14.2. The summed E-state index contributed by atoms with van der Waals surface area (Å²) < 4.78 is 0. The summed E-state index contributed by atoms with van der Waals surface area (Å²) in [7, 11) is 0. The first-order chi connectivity index (χ1) is 7.65. The Morgan fingerprint density at radius 2 is 1.88 bits per heavy atom. The van der Waals surface area contributed by atoms with Crippen LogP contribution in [0.15, 0.2) is 30.3 Å². The highest BCUT2D eigenvalue weighted by Crippen LogP contribution is 2.11. The van der Waals surface area contributed by atoms with Gasteiger partial charge in [0.15, 0.2) is 0 Å². The molecule has 1 aromatic rings. The summed E-state index contributed by atoms with van der Waals surface area (Å²) in [4.78, 5) is 11.5.